The minimum atomic E-state index is -0.102. The van der Waals surface area contributed by atoms with Crippen LogP contribution in [0.4, 0.5) is 5.82 Å². The quantitative estimate of drug-likeness (QED) is 0.843. The molecule has 1 amide bonds. The molecule has 0 aromatic carbocycles. The van der Waals surface area contributed by atoms with E-state index >= 15 is 0 Å². The second kappa shape index (κ2) is 6.02. The van der Waals surface area contributed by atoms with Crippen molar-refractivity contribution in [1.82, 2.24) is 15.6 Å². The fraction of sp³-hybridized carbons (Fsp3) is 0.571. The monoisotopic (exact) mass is 262 g/mol. The number of piperazine rings is 1. The Morgan fingerprint density at radius 1 is 1.58 bits per heavy atom. The van der Waals surface area contributed by atoms with Crippen LogP contribution >= 0.6 is 0 Å². The van der Waals surface area contributed by atoms with E-state index in [2.05, 4.69) is 33.5 Å². The number of rotatable bonds is 4. The Balaban J connectivity index is 2.27. The predicted molar refractivity (Wildman–Crippen MR) is 76.2 cm³/mol. The van der Waals surface area contributed by atoms with E-state index in [1.807, 2.05) is 20.2 Å². The highest BCUT2D eigenvalue weighted by Gasteiger charge is 2.29. The third-order valence-electron chi connectivity index (χ3n) is 3.48. The molecule has 0 bridgehead atoms. The molecule has 19 heavy (non-hydrogen) atoms. The van der Waals surface area contributed by atoms with Crippen LogP contribution in [0.15, 0.2) is 12.3 Å². The Morgan fingerprint density at radius 2 is 2.37 bits per heavy atom. The van der Waals surface area contributed by atoms with Gasteiger partial charge in [-0.15, -0.1) is 0 Å². The maximum atomic E-state index is 11.9. The Morgan fingerprint density at radius 3 is 3.00 bits per heavy atom. The van der Waals surface area contributed by atoms with Gasteiger partial charge in [0.2, 0.25) is 5.91 Å². The summed E-state index contributed by atoms with van der Waals surface area (Å²) in [5, 5.41) is 6.04. The molecule has 0 saturated carbocycles. The third-order valence-corrected chi connectivity index (χ3v) is 3.48. The number of hydrogen-bond donors (Lipinski definition) is 2. The van der Waals surface area contributed by atoms with Gasteiger partial charge < -0.3 is 15.5 Å². The van der Waals surface area contributed by atoms with Crippen LogP contribution in [0, 0.1) is 6.92 Å². The van der Waals surface area contributed by atoms with Crippen molar-refractivity contribution in [3.8, 4) is 0 Å². The molecule has 5 nitrogen and oxygen atoms in total. The van der Waals surface area contributed by atoms with Gasteiger partial charge >= 0.3 is 0 Å². The van der Waals surface area contributed by atoms with E-state index < -0.39 is 0 Å². The van der Waals surface area contributed by atoms with Gasteiger partial charge in [-0.05, 0) is 37.6 Å². The average molecular weight is 262 g/mol. The number of carbonyl (C=O) groups is 1. The lowest BCUT2D eigenvalue weighted by Crippen LogP contribution is -2.55. The average Bonchev–Trinajstić information content (AvgIpc) is 2.39. The van der Waals surface area contributed by atoms with Crippen LogP contribution in [0.1, 0.15) is 24.5 Å². The summed E-state index contributed by atoms with van der Waals surface area (Å²) in [6, 6.07) is 2.04. The van der Waals surface area contributed by atoms with Gasteiger partial charge in [0.05, 0.1) is 0 Å². The standard InChI is InChI=1S/C14H22N4O/c1-4-12-14(19)16-5-6-18(12)13-10(2)7-11(8-15-3)9-17-13/h7,9,12,15H,4-6,8H2,1-3H3,(H,16,19). The molecule has 5 heteroatoms. The van der Waals surface area contributed by atoms with E-state index in [9.17, 15) is 4.79 Å². The Bertz CT molecular complexity index is 461. The summed E-state index contributed by atoms with van der Waals surface area (Å²) in [6.07, 6.45) is 2.68. The first-order valence-electron chi connectivity index (χ1n) is 6.81. The first-order chi connectivity index (χ1) is 9.17. The summed E-state index contributed by atoms with van der Waals surface area (Å²) in [7, 11) is 1.92. The van der Waals surface area contributed by atoms with Gasteiger partial charge in [0.1, 0.15) is 11.9 Å². The smallest absolute Gasteiger partial charge is 0.242 e. The van der Waals surface area contributed by atoms with Crippen molar-refractivity contribution < 1.29 is 4.79 Å². The van der Waals surface area contributed by atoms with Crippen molar-refractivity contribution in [2.24, 2.45) is 0 Å². The SMILES string of the molecule is CCC1C(=O)NCCN1c1ncc(CNC)cc1C. The van der Waals surface area contributed by atoms with Crippen LogP contribution in [0.25, 0.3) is 0 Å². The highest BCUT2D eigenvalue weighted by atomic mass is 16.2. The van der Waals surface area contributed by atoms with Crippen LogP contribution in [-0.4, -0.2) is 37.1 Å². The van der Waals surface area contributed by atoms with Crippen molar-refractivity contribution in [3.63, 3.8) is 0 Å². The molecule has 0 aliphatic carbocycles. The second-order valence-electron chi connectivity index (χ2n) is 4.92. The second-order valence-corrected chi connectivity index (χ2v) is 4.92. The summed E-state index contributed by atoms with van der Waals surface area (Å²) in [5.41, 5.74) is 2.29. The highest BCUT2D eigenvalue weighted by Crippen LogP contribution is 2.22. The van der Waals surface area contributed by atoms with Crippen LogP contribution in [-0.2, 0) is 11.3 Å². The zero-order valence-corrected chi connectivity index (χ0v) is 11.9. The number of nitrogens with one attached hydrogen (secondary N) is 2. The van der Waals surface area contributed by atoms with Gasteiger partial charge in [0.25, 0.3) is 0 Å². The number of anilines is 1. The molecule has 1 aromatic rings. The van der Waals surface area contributed by atoms with E-state index in [1.165, 1.54) is 5.56 Å². The number of aromatic nitrogens is 1. The third kappa shape index (κ3) is 2.87. The predicted octanol–water partition coefficient (Wildman–Crippen LogP) is 0.824. The lowest BCUT2D eigenvalue weighted by Gasteiger charge is -2.36. The van der Waals surface area contributed by atoms with E-state index in [-0.39, 0.29) is 11.9 Å². The van der Waals surface area contributed by atoms with Crippen LogP contribution in [0.3, 0.4) is 0 Å². The van der Waals surface area contributed by atoms with E-state index in [0.29, 0.717) is 6.54 Å². The van der Waals surface area contributed by atoms with Gasteiger partial charge in [0, 0.05) is 25.8 Å². The first-order valence-corrected chi connectivity index (χ1v) is 6.81. The first kappa shape index (κ1) is 13.8. The Kier molecular flexibility index (Phi) is 4.37. The summed E-state index contributed by atoms with van der Waals surface area (Å²) in [6.45, 7) is 6.41. The minimum Gasteiger partial charge on any atom is -0.353 e. The fourth-order valence-electron chi connectivity index (χ4n) is 2.60. The highest BCUT2D eigenvalue weighted by molar-refractivity contribution is 5.86. The number of nitrogens with zero attached hydrogens (tertiary/aromatic N) is 2. The number of amides is 1. The molecule has 1 atom stereocenters. The van der Waals surface area contributed by atoms with Crippen molar-refractivity contribution in [3.05, 3.63) is 23.4 Å². The molecule has 1 fully saturated rings. The van der Waals surface area contributed by atoms with Gasteiger partial charge in [-0.3, -0.25) is 4.79 Å². The summed E-state index contributed by atoms with van der Waals surface area (Å²) < 4.78 is 0. The minimum absolute atomic E-state index is 0.102. The largest absolute Gasteiger partial charge is 0.353 e. The number of pyridine rings is 1. The molecule has 1 aliphatic rings. The van der Waals surface area contributed by atoms with E-state index in [1.54, 1.807) is 0 Å². The van der Waals surface area contributed by atoms with Crippen molar-refractivity contribution in [1.29, 1.82) is 0 Å². The Labute approximate surface area is 114 Å². The van der Waals surface area contributed by atoms with Crippen molar-refractivity contribution in [2.75, 3.05) is 25.0 Å². The molecule has 2 rings (SSSR count). The molecule has 1 saturated heterocycles. The van der Waals surface area contributed by atoms with Crippen LogP contribution < -0.4 is 15.5 Å². The maximum absolute atomic E-state index is 11.9. The van der Waals surface area contributed by atoms with Crippen LogP contribution in [0.5, 0.6) is 0 Å². The molecule has 2 heterocycles. The van der Waals surface area contributed by atoms with Gasteiger partial charge in [0.15, 0.2) is 0 Å². The zero-order valence-electron chi connectivity index (χ0n) is 11.9. The topological polar surface area (TPSA) is 57.3 Å². The molecular formula is C14H22N4O. The summed E-state index contributed by atoms with van der Waals surface area (Å²) in [5.74, 6) is 1.04. The van der Waals surface area contributed by atoms with E-state index in [0.717, 1.165) is 30.9 Å². The molecule has 0 spiro atoms. The maximum Gasteiger partial charge on any atom is 0.242 e. The summed E-state index contributed by atoms with van der Waals surface area (Å²) >= 11 is 0. The molecular weight excluding hydrogens is 240 g/mol. The fourth-order valence-corrected chi connectivity index (χ4v) is 2.60. The number of carbonyl (C=O) groups excluding carboxylic acids is 1. The molecule has 1 unspecified atom stereocenters. The number of hydrogen-bond acceptors (Lipinski definition) is 4. The molecule has 1 aliphatic heterocycles. The van der Waals surface area contributed by atoms with Crippen molar-refractivity contribution >= 4 is 11.7 Å². The van der Waals surface area contributed by atoms with Gasteiger partial charge in [-0.2, -0.15) is 0 Å². The van der Waals surface area contributed by atoms with E-state index in [4.69, 9.17) is 0 Å². The van der Waals surface area contributed by atoms with Crippen LogP contribution in [0.2, 0.25) is 0 Å². The molecule has 2 N–H and O–H groups in total. The summed E-state index contributed by atoms with van der Waals surface area (Å²) in [4.78, 5) is 18.6. The Hall–Kier alpha value is -1.62. The normalized spacial score (nSPS) is 19.4. The van der Waals surface area contributed by atoms with Crippen molar-refractivity contribution in [2.45, 2.75) is 32.9 Å². The molecule has 1 aromatic heterocycles. The molecule has 0 radical (unpaired) electrons. The number of aryl methyl sites for hydroxylation is 1. The molecule has 104 valence electrons. The van der Waals surface area contributed by atoms with Gasteiger partial charge in [-0.25, -0.2) is 4.98 Å². The van der Waals surface area contributed by atoms with Gasteiger partial charge in [-0.1, -0.05) is 6.92 Å². The zero-order chi connectivity index (χ0) is 13.8. The lowest BCUT2D eigenvalue weighted by atomic mass is 10.1. The lowest BCUT2D eigenvalue weighted by molar-refractivity contribution is -0.123.